The van der Waals surface area contributed by atoms with Gasteiger partial charge in [0.15, 0.2) is 0 Å². The van der Waals surface area contributed by atoms with Crippen LogP contribution < -0.4 is 10.6 Å². The molecule has 0 saturated carbocycles. The van der Waals surface area contributed by atoms with Gasteiger partial charge in [-0.3, -0.25) is 9.59 Å². The number of benzene rings is 3. The van der Waals surface area contributed by atoms with E-state index in [2.05, 4.69) is 46.8 Å². The Morgan fingerprint density at radius 2 is 1.70 bits per heavy atom. The minimum atomic E-state index is -0.114. The Bertz CT molecular complexity index is 1140. The third kappa shape index (κ3) is 6.34. The van der Waals surface area contributed by atoms with Gasteiger partial charge in [0.2, 0.25) is 0 Å². The molecule has 0 spiro atoms. The fraction of sp³-hybridized carbons (Fsp3) is 0.185. The second kappa shape index (κ2) is 11.0. The Hall–Kier alpha value is -3.35. The molecule has 0 aliphatic carbocycles. The summed E-state index contributed by atoms with van der Waals surface area (Å²) in [4.78, 5) is 28.7. The third-order valence-electron chi connectivity index (χ3n) is 5.45. The zero-order valence-corrected chi connectivity index (χ0v) is 19.4. The van der Waals surface area contributed by atoms with Gasteiger partial charge >= 0.3 is 0 Å². The van der Waals surface area contributed by atoms with Crippen molar-refractivity contribution in [3.63, 3.8) is 0 Å². The van der Waals surface area contributed by atoms with Crippen LogP contribution in [0.5, 0.6) is 0 Å². The van der Waals surface area contributed by atoms with E-state index >= 15 is 0 Å². The zero-order chi connectivity index (χ0) is 23.0. The summed E-state index contributed by atoms with van der Waals surface area (Å²) in [5, 5.41) is 5.90. The molecule has 1 aliphatic rings. The minimum absolute atomic E-state index is 0.0932. The summed E-state index contributed by atoms with van der Waals surface area (Å²) in [5.41, 5.74) is 3.64. The second-order valence-electron chi connectivity index (χ2n) is 7.98. The van der Waals surface area contributed by atoms with Crippen molar-refractivity contribution >= 4 is 35.3 Å². The lowest BCUT2D eigenvalue weighted by Crippen LogP contribution is -2.33. The molecule has 2 amide bonds. The first kappa shape index (κ1) is 22.8. The molecule has 0 radical (unpaired) electrons. The number of thioether (sulfide) groups is 1. The van der Waals surface area contributed by atoms with Crippen molar-refractivity contribution in [2.45, 2.75) is 11.3 Å². The van der Waals surface area contributed by atoms with Gasteiger partial charge in [0.1, 0.15) is 0 Å². The highest BCUT2D eigenvalue weighted by molar-refractivity contribution is 8.04. The van der Waals surface area contributed by atoms with Crippen LogP contribution in [0, 0.1) is 0 Å². The van der Waals surface area contributed by atoms with E-state index in [4.69, 9.17) is 0 Å². The number of nitrogens with one attached hydrogen (secondary N) is 2. The monoisotopic (exact) mass is 457 g/mol. The minimum Gasteiger partial charge on any atom is -0.351 e. The smallest absolute Gasteiger partial charge is 0.262 e. The van der Waals surface area contributed by atoms with Crippen molar-refractivity contribution < 1.29 is 9.59 Å². The lowest BCUT2D eigenvalue weighted by Gasteiger charge is -2.18. The van der Waals surface area contributed by atoms with Gasteiger partial charge < -0.3 is 15.5 Å². The molecule has 0 aromatic heterocycles. The van der Waals surface area contributed by atoms with Crippen LogP contribution in [0.15, 0.2) is 88.7 Å². The Morgan fingerprint density at radius 3 is 2.48 bits per heavy atom. The van der Waals surface area contributed by atoms with Gasteiger partial charge in [0.25, 0.3) is 11.8 Å². The van der Waals surface area contributed by atoms with Crippen LogP contribution >= 0.6 is 11.8 Å². The number of carbonyl (C=O) groups is 2. The van der Waals surface area contributed by atoms with E-state index in [-0.39, 0.29) is 11.8 Å². The number of nitrogens with zero attached hydrogens (tertiary/aromatic N) is 1. The maximum Gasteiger partial charge on any atom is 0.262 e. The Balaban J connectivity index is 1.26. The lowest BCUT2D eigenvalue weighted by atomic mass is 10.1. The summed E-state index contributed by atoms with van der Waals surface area (Å²) in [6.07, 6.45) is 2.84. The van der Waals surface area contributed by atoms with Crippen LogP contribution in [-0.2, 0) is 11.2 Å². The predicted molar refractivity (Wildman–Crippen MR) is 135 cm³/mol. The van der Waals surface area contributed by atoms with Crippen molar-refractivity contribution in [3.05, 3.63) is 100 Å². The van der Waals surface area contributed by atoms with Gasteiger partial charge in [-0.2, -0.15) is 0 Å². The number of para-hydroxylation sites is 1. The molecule has 0 saturated heterocycles. The Kier molecular flexibility index (Phi) is 7.60. The fourth-order valence-corrected chi connectivity index (χ4v) is 4.47. The molecule has 3 aromatic rings. The maximum absolute atomic E-state index is 12.5. The third-order valence-corrected chi connectivity index (χ3v) is 6.55. The van der Waals surface area contributed by atoms with E-state index in [0.29, 0.717) is 17.0 Å². The highest BCUT2D eigenvalue weighted by Crippen LogP contribution is 2.38. The summed E-state index contributed by atoms with van der Waals surface area (Å²) in [6.45, 7) is 2.32. The van der Waals surface area contributed by atoms with Crippen LogP contribution in [-0.4, -0.2) is 43.4 Å². The van der Waals surface area contributed by atoms with Gasteiger partial charge in [0.05, 0.1) is 10.6 Å². The molecule has 0 unspecified atom stereocenters. The molecular weight excluding hydrogens is 430 g/mol. The number of hydrogen-bond donors (Lipinski definition) is 2. The fourth-order valence-electron chi connectivity index (χ4n) is 3.52. The van der Waals surface area contributed by atoms with Crippen LogP contribution in [0.4, 0.5) is 5.69 Å². The van der Waals surface area contributed by atoms with E-state index in [9.17, 15) is 9.59 Å². The number of likely N-dealkylation sites (N-methyl/N-ethyl adjacent to an activating group) is 1. The van der Waals surface area contributed by atoms with E-state index in [1.54, 1.807) is 12.1 Å². The molecule has 1 aliphatic heterocycles. The normalized spacial score (nSPS) is 14.1. The van der Waals surface area contributed by atoms with Crippen molar-refractivity contribution in [2.24, 2.45) is 0 Å². The van der Waals surface area contributed by atoms with Crippen molar-refractivity contribution in [2.75, 3.05) is 32.0 Å². The largest absolute Gasteiger partial charge is 0.351 e. The SMILES string of the molecule is CN(CCNC(=O)c1ccc(C=C2Sc3ccccc3NC2=O)cc1)CCc1ccccc1. The Morgan fingerprint density at radius 1 is 0.970 bits per heavy atom. The van der Waals surface area contributed by atoms with Gasteiger partial charge in [-0.05, 0) is 54.9 Å². The average molecular weight is 458 g/mol. The molecule has 0 bridgehead atoms. The van der Waals surface area contributed by atoms with Gasteiger partial charge in [0, 0.05) is 30.1 Å². The summed E-state index contributed by atoms with van der Waals surface area (Å²) < 4.78 is 0. The van der Waals surface area contributed by atoms with Crippen molar-refractivity contribution in [1.82, 2.24) is 10.2 Å². The number of rotatable bonds is 8. The van der Waals surface area contributed by atoms with Crippen LogP contribution in [0.25, 0.3) is 6.08 Å². The lowest BCUT2D eigenvalue weighted by molar-refractivity contribution is -0.112. The van der Waals surface area contributed by atoms with Crippen LogP contribution in [0.2, 0.25) is 0 Å². The molecule has 2 N–H and O–H groups in total. The van der Waals surface area contributed by atoms with Gasteiger partial charge in [-0.15, -0.1) is 0 Å². The Labute approximate surface area is 198 Å². The topological polar surface area (TPSA) is 61.4 Å². The molecule has 0 atom stereocenters. The number of fused-ring (bicyclic) bond motifs is 1. The highest BCUT2D eigenvalue weighted by Gasteiger charge is 2.20. The van der Waals surface area contributed by atoms with Gasteiger partial charge in [-0.1, -0.05) is 66.4 Å². The molecule has 6 heteroatoms. The highest BCUT2D eigenvalue weighted by atomic mass is 32.2. The second-order valence-corrected chi connectivity index (χ2v) is 9.06. The predicted octanol–water partition coefficient (Wildman–Crippen LogP) is 4.68. The maximum atomic E-state index is 12.5. The number of amides is 2. The molecule has 1 heterocycles. The molecule has 3 aromatic carbocycles. The van der Waals surface area contributed by atoms with Crippen molar-refractivity contribution in [3.8, 4) is 0 Å². The van der Waals surface area contributed by atoms with Crippen molar-refractivity contribution in [1.29, 1.82) is 0 Å². The standard InChI is InChI=1S/C27H27N3O2S/c1-30(17-15-20-7-3-2-4-8-20)18-16-28-26(31)22-13-11-21(12-14-22)19-25-27(32)29-23-9-5-6-10-24(23)33-25/h2-14,19H,15-18H2,1H3,(H,28,31)(H,29,32). The van der Waals surface area contributed by atoms with Crippen LogP contribution in [0.1, 0.15) is 21.5 Å². The average Bonchev–Trinajstić information content (AvgIpc) is 2.84. The molecule has 33 heavy (non-hydrogen) atoms. The molecule has 4 rings (SSSR count). The first-order valence-corrected chi connectivity index (χ1v) is 11.8. The zero-order valence-electron chi connectivity index (χ0n) is 18.6. The van der Waals surface area contributed by atoms with E-state index < -0.39 is 0 Å². The van der Waals surface area contributed by atoms with E-state index in [1.165, 1.54) is 17.3 Å². The summed E-state index contributed by atoms with van der Waals surface area (Å²) in [7, 11) is 2.06. The van der Waals surface area contributed by atoms with E-state index in [0.717, 1.165) is 35.7 Å². The first-order valence-electron chi connectivity index (χ1n) is 11.0. The summed E-state index contributed by atoms with van der Waals surface area (Å²) in [5.74, 6) is -0.207. The number of carbonyl (C=O) groups excluding carboxylic acids is 2. The van der Waals surface area contributed by atoms with Crippen LogP contribution in [0.3, 0.4) is 0 Å². The molecular formula is C27H27N3O2S. The summed E-state index contributed by atoms with van der Waals surface area (Å²) in [6, 6.07) is 25.4. The first-order chi connectivity index (χ1) is 16.1. The molecule has 168 valence electrons. The molecule has 0 fully saturated rings. The van der Waals surface area contributed by atoms with Gasteiger partial charge in [-0.25, -0.2) is 0 Å². The summed E-state index contributed by atoms with van der Waals surface area (Å²) >= 11 is 1.45. The quantitative estimate of drug-likeness (QED) is 0.483. The number of anilines is 1. The van der Waals surface area contributed by atoms with E-state index in [1.807, 2.05) is 48.5 Å². The number of hydrogen-bond acceptors (Lipinski definition) is 4. The molecule has 5 nitrogen and oxygen atoms in total.